The molecular formula is C15H17N3O4. The van der Waals surface area contributed by atoms with E-state index >= 15 is 0 Å². The molecule has 0 saturated heterocycles. The number of aliphatic carboxylic acids is 1. The zero-order chi connectivity index (χ0) is 15.8. The van der Waals surface area contributed by atoms with Gasteiger partial charge < -0.3 is 15.2 Å². The molecule has 1 aromatic carbocycles. The number of aromatic nitrogens is 2. The predicted octanol–water partition coefficient (Wildman–Crippen LogP) is 1.72. The molecule has 1 aromatic heterocycles. The third-order valence-corrected chi connectivity index (χ3v) is 3.08. The van der Waals surface area contributed by atoms with Crippen molar-refractivity contribution in [2.45, 2.75) is 25.5 Å². The number of H-pyrrole nitrogens is 1. The van der Waals surface area contributed by atoms with Crippen molar-refractivity contribution in [3.63, 3.8) is 0 Å². The van der Waals surface area contributed by atoms with E-state index in [4.69, 9.17) is 9.84 Å². The largest absolute Gasteiger partial charge is 0.480 e. The Bertz CT molecular complexity index is 599. The minimum absolute atomic E-state index is 0.0980. The lowest BCUT2D eigenvalue weighted by Gasteiger charge is -2.14. The van der Waals surface area contributed by atoms with Gasteiger partial charge in [0, 0.05) is 6.20 Å². The highest BCUT2D eigenvalue weighted by Crippen LogP contribution is 2.05. The molecule has 0 bridgehead atoms. The summed E-state index contributed by atoms with van der Waals surface area (Å²) >= 11 is 0. The highest BCUT2D eigenvalue weighted by Gasteiger charge is 2.20. The molecule has 1 amide bonds. The van der Waals surface area contributed by atoms with Crippen molar-refractivity contribution in [3.8, 4) is 0 Å². The number of alkyl carbamates (subject to hydrolysis) is 1. The third kappa shape index (κ3) is 4.93. The van der Waals surface area contributed by atoms with Crippen molar-refractivity contribution >= 4 is 12.1 Å². The standard InChI is InChI=1S/C15H17N3O4/c19-14(20)13(7-6-12-8-16-17-9-12)18-15(21)22-10-11-4-2-1-3-5-11/h1-5,8-9,13H,6-7,10H2,(H,16,17)(H,18,21)(H,19,20). The molecule has 0 aliphatic heterocycles. The Balaban J connectivity index is 1.79. The number of hydrogen-bond donors (Lipinski definition) is 3. The average Bonchev–Trinajstić information content (AvgIpc) is 3.03. The maximum Gasteiger partial charge on any atom is 0.408 e. The number of ether oxygens (including phenoxy) is 1. The molecule has 0 aliphatic carbocycles. The van der Waals surface area contributed by atoms with Crippen molar-refractivity contribution < 1.29 is 19.4 Å². The van der Waals surface area contributed by atoms with Crippen molar-refractivity contribution in [1.82, 2.24) is 15.5 Å². The maximum absolute atomic E-state index is 11.7. The molecule has 22 heavy (non-hydrogen) atoms. The van der Waals surface area contributed by atoms with E-state index in [1.807, 2.05) is 30.3 Å². The molecular weight excluding hydrogens is 286 g/mol. The number of aromatic amines is 1. The van der Waals surface area contributed by atoms with E-state index in [-0.39, 0.29) is 13.0 Å². The van der Waals surface area contributed by atoms with Gasteiger partial charge in [0.05, 0.1) is 6.20 Å². The van der Waals surface area contributed by atoms with Crippen LogP contribution in [-0.2, 0) is 22.6 Å². The SMILES string of the molecule is O=C(NC(CCc1cn[nH]c1)C(=O)O)OCc1ccccc1. The van der Waals surface area contributed by atoms with Crippen LogP contribution in [0, 0.1) is 0 Å². The Morgan fingerprint density at radius 2 is 2.05 bits per heavy atom. The lowest BCUT2D eigenvalue weighted by Crippen LogP contribution is -2.41. The number of carbonyl (C=O) groups excluding carboxylic acids is 1. The van der Waals surface area contributed by atoms with Crippen molar-refractivity contribution in [2.75, 3.05) is 0 Å². The Labute approximate surface area is 127 Å². The molecule has 3 N–H and O–H groups in total. The summed E-state index contributed by atoms with van der Waals surface area (Å²) in [7, 11) is 0. The van der Waals surface area contributed by atoms with Crippen LogP contribution in [0.4, 0.5) is 4.79 Å². The van der Waals surface area contributed by atoms with E-state index in [0.29, 0.717) is 6.42 Å². The first-order chi connectivity index (χ1) is 10.6. The van der Waals surface area contributed by atoms with Gasteiger partial charge in [-0.25, -0.2) is 9.59 Å². The fourth-order valence-corrected chi connectivity index (χ4v) is 1.89. The lowest BCUT2D eigenvalue weighted by molar-refractivity contribution is -0.139. The summed E-state index contributed by atoms with van der Waals surface area (Å²) in [5, 5.41) is 17.9. The lowest BCUT2D eigenvalue weighted by atomic mass is 10.1. The van der Waals surface area contributed by atoms with Gasteiger partial charge in [-0.1, -0.05) is 30.3 Å². The summed E-state index contributed by atoms with van der Waals surface area (Å²) in [6.45, 7) is 0.0980. The smallest absolute Gasteiger partial charge is 0.408 e. The number of rotatable bonds is 7. The van der Waals surface area contributed by atoms with Gasteiger partial charge in [-0.05, 0) is 24.0 Å². The summed E-state index contributed by atoms with van der Waals surface area (Å²) < 4.78 is 5.01. The Kier molecular flexibility index (Phi) is 5.53. The quantitative estimate of drug-likeness (QED) is 0.722. The number of benzene rings is 1. The Morgan fingerprint density at radius 1 is 1.27 bits per heavy atom. The second-order valence-electron chi connectivity index (χ2n) is 4.74. The maximum atomic E-state index is 11.7. The molecule has 1 heterocycles. The number of nitrogens with one attached hydrogen (secondary N) is 2. The monoisotopic (exact) mass is 303 g/mol. The van der Waals surface area contributed by atoms with Gasteiger partial charge in [-0.3, -0.25) is 5.10 Å². The molecule has 0 aliphatic rings. The number of carbonyl (C=O) groups is 2. The van der Waals surface area contributed by atoms with Crippen LogP contribution >= 0.6 is 0 Å². The molecule has 2 rings (SSSR count). The normalized spacial score (nSPS) is 11.6. The number of amides is 1. The fourth-order valence-electron chi connectivity index (χ4n) is 1.89. The van der Waals surface area contributed by atoms with Gasteiger partial charge in [0.15, 0.2) is 0 Å². The molecule has 0 spiro atoms. The van der Waals surface area contributed by atoms with Crippen LogP contribution in [-0.4, -0.2) is 33.4 Å². The van der Waals surface area contributed by atoms with Gasteiger partial charge in [-0.15, -0.1) is 0 Å². The number of carboxylic acids is 1. The minimum Gasteiger partial charge on any atom is -0.480 e. The van der Waals surface area contributed by atoms with Crippen LogP contribution in [0.15, 0.2) is 42.7 Å². The first-order valence-electron chi connectivity index (χ1n) is 6.83. The number of hydrogen-bond acceptors (Lipinski definition) is 4. The highest BCUT2D eigenvalue weighted by atomic mass is 16.5. The van der Waals surface area contributed by atoms with Crippen molar-refractivity contribution in [2.24, 2.45) is 0 Å². The predicted molar refractivity (Wildman–Crippen MR) is 78.1 cm³/mol. The highest BCUT2D eigenvalue weighted by molar-refractivity contribution is 5.79. The first-order valence-corrected chi connectivity index (χ1v) is 6.83. The van der Waals surface area contributed by atoms with E-state index in [2.05, 4.69) is 15.5 Å². The summed E-state index contributed by atoms with van der Waals surface area (Å²) in [5.41, 5.74) is 1.72. The average molecular weight is 303 g/mol. The summed E-state index contributed by atoms with van der Waals surface area (Å²) in [6, 6.07) is 8.17. The second kappa shape index (κ2) is 7.82. The fraction of sp³-hybridized carbons (Fsp3) is 0.267. The zero-order valence-corrected chi connectivity index (χ0v) is 11.9. The second-order valence-corrected chi connectivity index (χ2v) is 4.74. The van der Waals surface area contributed by atoms with Gasteiger partial charge >= 0.3 is 12.1 Å². The van der Waals surface area contributed by atoms with Gasteiger partial charge in [0.2, 0.25) is 0 Å². The molecule has 2 aromatic rings. The number of aryl methyl sites for hydroxylation is 1. The molecule has 0 saturated carbocycles. The molecule has 1 unspecified atom stereocenters. The zero-order valence-electron chi connectivity index (χ0n) is 11.9. The van der Waals surface area contributed by atoms with Crippen LogP contribution in [0.25, 0.3) is 0 Å². The van der Waals surface area contributed by atoms with Crippen molar-refractivity contribution in [1.29, 1.82) is 0 Å². The summed E-state index contributed by atoms with van der Waals surface area (Å²) in [5.74, 6) is -1.10. The molecule has 0 fully saturated rings. The first kappa shape index (κ1) is 15.6. The Morgan fingerprint density at radius 3 is 2.68 bits per heavy atom. The number of nitrogens with zero attached hydrogens (tertiary/aromatic N) is 1. The van der Waals surface area contributed by atoms with Gasteiger partial charge in [0.1, 0.15) is 12.6 Å². The van der Waals surface area contributed by atoms with E-state index < -0.39 is 18.1 Å². The minimum atomic E-state index is -1.10. The molecule has 1 atom stereocenters. The van der Waals surface area contributed by atoms with Gasteiger partial charge in [-0.2, -0.15) is 5.10 Å². The summed E-state index contributed by atoms with van der Waals surface area (Å²) in [6.07, 6.45) is 3.31. The summed E-state index contributed by atoms with van der Waals surface area (Å²) in [4.78, 5) is 22.9. The van der Waals surface area contributed by atoms with E-state index in [0.717, 1.165) is 11.1 Å². The van der Waals surface area contributed by atoms with Gasteiger partial charge in [0.25, 0.3) is 0 Å². The number of carboxylic acid groups (broad SMARTS) is 1. The van der Waals surface area contributed by atoms with Crippen LogP contribution in [0.2, 0.25) is 0 Å². The van der Waals surface area contributed by atoms with E-state index in [9.17, 15) is 9.59 Å². The molecule has 7 heteroatoms. The van der Waals surface area contributed by atoms with Crippen LogP contribution in [0.5, 0.6) is 0 Å². The molecule has 7 nitrogen and oxygen atoms in total. The van der Waals surface area contributed by atoms with Crippen LogP contribution in [0.1, 0.15) is 17.5 Å². The molecule has 116 valence electrons. The Hall–Kier alpha value is -2.83. The van der Waals surface area contributed by atoms with E-state index in [1.54, 1.807) is 12.4 Å². The van der Waals surface area contributed by atoms with Crippen molar-refractivity contribution in [3.05, 3.63) is 53.9 Å². The van der Waals surface area contributed by atoms with Crippen LogP contribution in [0.3, 0.4) is 0 Å². The van der Waals surface area contributed by atoms with Crippen LogP contribution < -0.4 is 5.32 Å². The topological polar surface area (TPSA) is 104 Å². The molecule has 0 radical (unpaired) electrons. The third-order valence-electron chi connectivity index (χ3n) is 3.08. The van der Waals surface area contributed by atoms with E-state index in [1.165, 1.54) is 0 Å².